The Balaban J connectivity index is 2.05. The van der Waals surface area contributed by atoms with E-state index in [4.69, 9.17) is 9.47 Å². The van der Waals surface area contributed by atoms with Gasteiger partial charge in [-0.05, 0) is 27.4 Å². The maximum atomic E-state index is 11.2. The molecule has 82 valence electrons. The van der Waals surface area contributed by atoms with Crippen LogP contribution in [0.15, 0.2) is 0 Å². The van der Waals surface area contributed by atoms with E-state index in [1.807, 2.05) is 21.0 Å². The standard InChI is InChI=1S/C10H19NO3/c1-4-13-10(12)8-7-9(8)14-6-5-11(2)3/h8-9H,4-7H2,1-3H3/t8-,9-/m1/s1. The Morgan fingerprint density at radius 3 is 2.79 bits per heavy atom. The number of nitrogens with zero attached hydrogens (tertiary/aromatic N) is 1. The van der Waals surface area contributed by atoms with Crippen molar-refractivity contribution in [2.45, 2.75) is 19.4 Å². The fourth-order valence-electron chi connectivity index (χ4n) is 1.24. The molecule has 14 heavy (non-hydrogen) atoms. The summed E-state index contributed by atoms with van der Waals surface area (Å²) in [6.45, 7) is 3.86. The molecule has 0 radical (unpaired) electrons. The molecule has 0 N–H and O–H groups in total. The van der Waals surface area contributed by atoms with Gasteiger partial charge in [0.05, 0.1) is 25.2 Å². The van der Waals surface area contributed by atoms with Gasteiger partial charge in [0.2, 0.25) is 0 Å². The van der Waals surface area contributed by atoms with Crippen molar-refractivity contribution in [3.8, 4) is 0 Å². The zero-order chi connectivity index (χ0) is 10.6. The molecular formula is C10H19NO3. The summed E-state index contributed by atoms with van der Waals surface area (Å²) in [7, 11) is 4.00. The summed E-state index contributed by atoms with van der Waals surface area (Å²) in [5.74, 6) is -0.112. The van der Waals surface area contributed by atoms with E-state index in [2.05, 4.69) is 4.90 Å². The number of likely N-dealkylation sites (N-methyl/N-ethyl adjacent to an activating group) is 1. The van der Waals surface area contributed by atoms with Crippen molar-refractivity contribution in [3.63, 3.8) is 0 Å². The first-order chi connectivity index (χ1) is 6.65. The minimum atomic E-state index is -0.109. The predicted octanol–water partition coefficient (Wildman–Crippen LogP) is 0.516. The summed E-state index contributed by atoms with van der Waals surface area (Å²) >= 11 is 0. The highest BCUT2D eigenvalue weighted by Crippen LogP contribution is 2.34. The fourth-order valence-corrected chi connectivity index (χ4v) is 1.24. The van der Waals surface area contributed by atoms with Gasteiger partial charge in [0, 0.05) is 6.54 Å². The SMILES string of the molecule is CCOC(=O)[C@@H]1C[C@H]1OCCN(C)C. The van der Waals surface area contributed by atoms with Gasteiger partial charge in [-0.3, -0.25) is 4.79 Å². The van der Waals surface area contributed by atoms with Crippen LogP contribution >= 0.6 is 0 Å². The molecule has 4 heteroatoms. The van der Waals surface area contributed by atoms with Gasteiger partial charge >= 0.3 is 5.97 Å². The van der Waals surface area contributed by atoms with Crippen LogP contribution in [0.25, 0.3) is 0 Å². The quantitative estimate of drug-likeness (QED) is 0.587. The molecule has 1 fully saturated rings. The van der Waals surface area contributed by atoms with E-state index in [0.29, 0.717) is 13.2 Å². The van der Waals surface area contributed by atoms with Crippen molar-refractivity contribution >= 4 is 5.97 Å². The van der Waals surface area contributed by atoms with E-state index < -0.39 is 0 Å². The Labute approximate surface area is 85.2 Å². The molecule has 0 saturated heterocycles. The van der Waals surface area contributed by atoms with E-state index in [-0.39, 0.29) is 18.0 Å². The van der Waals surface area contributed by atoms with Crippen LogP contribution in [0.5, 0.6) is 0 Å². The summed E-state index contributed by atoms with van der Waals surface area (Å²) in [5, 5.41) is 0. The second kappa shape index (κ2) is 5.32. The van der Waals surface area contributed by atoms with Crippen molar-refractivity contribution in [2.24, 2.45) is 5.92 Å². The van der Waals surface area contributed by atoms with E-state index >= 15 is 0 Å². The van der Waals surface area contributed by atoms with Gasteiger partial charge in [-0.15, -0.1) is 0 Å². The van der Waals surface area contributed by atoms with Gasteiger partial charge in [-0.1, -0.05) is 0 Å². The Hall–Kier alpha value is -0.610. The number of esters is 1. The number of carbonyl (C=O) groups is 1. The first-order valence-corrected chi connectivity index (χ1v) is 5.08. The maximum absolute atomic E-state index is 11.2. The Bertz CT molecular complexity index is 194. The van der Waals surface area contributed by atoms with Gasteiger partial charge in [0.25, 0.3) is 0 Å². The Morgan fingerprint density at radius 1 is 1.50 bits per heavy atom. The summed E-state index contributed by atoms with van der Waals surface area (Å²) in [5.41, 5.74) is 0. The largest absolute Gasteiger partial charge is 0.466 e. The average Bonchev–Trinajstić information content (AvgIpc) is 2.84. The van der Waals surface area contributed by atoms with Crippen LogP contribution < -0.4 is 0 Å². The molecule has 0 spiro atoms. The molecule has 0 aromatic heterocycles. The molecule has 1 rings (SSSR count). The monoisotopic (exact) mass is 201 g/mol. The molecule has 1 aliphatic rings. The molecule has 0 amide bonds. The number of hydrogen-bond acceptors (Lipinski definition) is 4. The van der Waals surface area contributed by atoms with E-state index in [0.717, 1.165) is 13.0 Å². The third kappa shape index (κ3) is 3.64. The second-order valence-corrected chi connectivity index (χ2v) is 3.81. The number of carbonyl (C=O) groups excluding carboxylic acids is 1. The van der Waals surface area contributed by atoms with Crippen LogP contribution in [0.4, 0.5) is 0 Å². The molecule has 0 unspecified atom stereocenters. The zero-order valence-electron chi connectivity index (χ0n) is 9.16. The highest BCUT2D eigenvalue weighted by atomic mass is 16.5. The van der Waals surface area contributed by atoms with Crippen molar-refractivity contribution in [2.75, 3.05) is 33.9 Å². The lowest BCUT2D eigenvalue weighted by molar-refractivity contribution is -0.145. The van der Waals surface area contributed by atoms with Crippen molar-refractivity contribution < 1.29 is 14.3 Å². The molecule has 1 saturated carbocycles. The van der Waals surface area contributed by atoms with Crippen molar-refractivity contribution in [1.82, 2.24) is 4.90 Å². The molecule has 0 aromatic carbocycles. The van der Waals surface area contributed by atoms with E-state index in [1.165, 1.54) is 0 Å². The third-order valence-electron chi connectivity index (χ3n) is 2.19. The Morgan fingerprint density at radius 2 is 2.21 bits per heavy atom. The average molecular weight is 201 g/mol. The van der Waals surface area contributed by atoms with Crippen LogP contribution in [-0.4, -0.2) is 50.8 Å². The van der Waals surface area contributed by atoms with Gasteiger partial charge in [0.15, 0.2) is 0 Å². The highest BCUT2D eigenvalue weighted by molar-refractivity contribution is 5.76. The molecule has 0 aromatic rings. The second-order valence-electron chi connectivity index (χ2n) is 3.81. The Kier molecular flexibility index (Phi) is 4.35. The number of ether oxygens (including phenoxy) is 2. The van der Waals surface area contributed by atoms with Gasteiger partial charge in [0.1, 0.15) is 0 Å². The lowest BCUT2D eigenvalue weighted by Crippen LogP contribution is -2.19. The fraction of sp³-hybridized carbons (Fsp3) is 0.900. The lowest BCUT2D eigenvalue weighted by Gasteiger charge is -2.09. The zero-order valence-corrected chi connectivity index (χ0v) is 9.16. The molecule has 1 aliphatic carbocycles. The molecule has 2 atom stereocenters. The molecule has 4 nitrogen and oxygen atoms in total. The highest BCUT2D eigenvalue weighted by Gasteiger charge is 2.45. The number of hydrogen-bond donors (Lipinski definition) is 0. The number of rotatable bonds is 6. The van der Waals surface area contributed by atoms with Crippen molar-refractivity contribution in [1.29, 1.82) is 0 Å². The summed E-state index contributed by atoms with van der Waals surface area (Å²) in [6, 6.07) is 0. The van der Waals surface area contributed by atoms with Gasteiger partial charge in [-0.25, -0.2) is 0 Å². The minimum Gasteiger partial charge on any atom is -0.466 e. The molecule has 0 aliphatic heterocycles. The topological polar surface area (TPSA) is 38.8 Å². The first kappa shape index (κ1) is 11.5. The van der Waals surface area contributed by atoms with Crippen LogP contribution in [0.1, 0.15) is 13.3 Å². The molecule has 0 bridgehead atoms. The van der Waals surface area contributed by atoms with Crippen LogP contribution in [0.2, 0.25) is 0 Å². The third-order valence-corrected chi connectivity index (χ3v) is 2.19. The summed E-state index contributed by atoms with van der Waals surface area (Å²) in [6.07, 6.45) is 0.931. The van der Waals surface area contributed by atoms with Crippen molar-refractivity contribution in [3.05, 3.63) is 0 Å². The minimum absolute atomic E-state index is 0.00267. The van der Waals surface area contributed by atoms with Crippen LogP contribution in [0, 0.1) is 5.92 Å². The lowest BCUT2D eigenvalue weighted by atomic mass is 10.4. The van der Waals surface area contributed by atoms with Crippen LogP contribution in [-0.2, 0) is 14.3 Å². The molecular weight excluding hydrogens is 182 g/mol. The van der Waals surface area contributed by atoms with Gasteiger partial charge < -0.3 is 14.4 Å². The normalized spacial score (nSPS) is 25.1. The summed E-state index contributed by atoms with van der Waals surface area (Å²) < 4.78 is 10.4. The molecule has 0 heterocycles. The van der Waals surface area contributed by atoms with Gasteiger partial charge in [-0.2, -0.15) is 0 Å². The predicted molar refractivity (Wildman–Crippen MR) is 53.0 cm³/mol. The summed E-state index contributed by atoms with van der Waals surface area (Å²) in [4.78, 5) is 13.3. The smallest absolute Gasteiger partial charge is 0.311 e. The van der Waals surface area contributed by atoms with Crippen LogP contribution in [0.3, 0.4) is 0 Å². The van der Waals surface area contributed by atoms with E-state index in [1.54, 1.807) is 0 Å². The maximum Gasteiger partial charge on any atom is 0.311 e. The van der Waals surface area contributed by atoms with E-state index in [9.17, 15) is 4.79 Å². The first-order valence-electron chi connectivity index (χ1n) is 5.08.